The number of nitrogens with one attached hydrogen (secondary N) is 2. The van der Waals surface area contributed by atoms with E-state index in [1.165, 1.54) is 24.1 Å². The Labute approximate surface area is 235 Å². The van der Waals surface area contributed by atoms with Crippen LogP contribution in [0.5, 0.6) is 5.75 Å². The van der Waals surface area contributed by atoms with Gasteiger partial charge >= 0.3 is 12.1 Å². The summed E-state index contributed by atoms with van der Waals surface area (Å²) in [4.78, 5) is 53.6. The average Bonchev–Trinajstić information content (AvgIpc) is 2.89. The number of ether oxygens (including phenoxy) is 2. The smallest absolute Gasteiger partial charge is 0.408 e. The molecular weight excluding hydrogens is 514 g/mol. The van der Waals surface area contributed by atoms with E-state index in [4.69, 9.17) is 11.2 Å². The Morgan fingerprint density at radius 3 is 2.12 bits per heavy atom. The van der Waals surface area contributed by atoms with E-state index in [-0.39, 0.29) is 12.2 Å². The maximum Gasteiger partial charge on any atom is 0.408 e. The van der Waals surface area contributed by atoms with E-state index in [9.17, 15) is 24.3 Å². The van der Waals surface area contributed by atoms with E-state index < -0.39 is 54.1 Å². The number of alkyl carbamates (subject to hydrolysis) is 1. The lowest BCUT2D eigenvalue weighted by Gasteiger charge is -2.37. The molecule has 2 aromatic carbocycles. The van der Waals surface area contributed by atoms with E-state index in [0.717, 1.165) is 0 Å². The zero-order valence-corrected chi connectivity index (χ0v) is 23.7. The van der Waals surface area contributed by atoms with E-state index in [1.54, 1.807) is 71.0 Å². The first-order chi connectivity index (χ1) is 18.7. The van der Waals surface area contributed by atoms with E-state index in [0.29, 0.717) is 16.7 Å². The van der Waals surface area contributed by atoms with Crippen molar-refractivity contribution in [1.82, 2.24) is 15.5 Å². The Balaban J connectivity index is 2.55. The molecule has 214 valence electrons. The lowest BCUT2D eigenvalue weighted by molar-refractivity contribution is -0.146. The molecule has 0 bridgehead atoms. The molecule has 0 radical (unpaired) electrons. The van der Waals surface area contributed by atoms with Gasteiger partial charge in [-0.2, -0.15) is 0 Å². The molecule has 0 aromatic heterocycles. The van der Waals surface area contributed by atoms with Crippen molar-refractivity contribution >= 4 is 23.9 Å². The van der Waals surface area contributed by atoms with Crippen LogP contribution in [-0.2, 0) is 30.3 Å². The van der Waals surface area contributed by atoms with Gasteiger partial charge in [0.05, 0.1) is 7.11 Å². The zero-order chi connectivity index (χ0) is 30.0. The van der Waals surface area contributed by atoms with Crippen LogP contribution in [0.15, 0.2) is 48.5 Å². The highest BCUT2D eigenvalue weighted by molar-refractivity contribution is 5.93. The van der Waals surface area contributed by atoms with Gasteiger partial charge in [-0.05, 0) is 70.0 Å². The second kappa shape index (κ2) is 14.0. The molecular formula is C30H37N3O7. The molecule has 0 heterocycles. The summed E-state index contributed by atoms with van der Waals surface area (Å²) in [6.45, 7) is 8.17. The highest BCUT2D eigenvalue weighted by Gasteiger charge is 2.38. The second-order valence-electron chi connectivity index (χ2n) is 10.4. The van der Waals surface area contributed by atoms with Gasteiger partial charge in [-0.3, -0.25) is 14.4 Å². The molecule has 2 atom stereocenters. The molecule has 3 N–H and O–H groups in total. The fourth-order valence-electron chi connectivity index (χ4n) is 3.91. The van der Waals surface area contributed by atoms with Crippen molar-refractivity contribution in [2.75, 3.05) is 13.7 Å². The van der Waals surface area contributed by atoms with Crippen molar-refractivity contribution in [2.45, 2.75) is 64.8 Å². The maximum atomic E-state index is 14.2. The minimum atomic E-state index is -1.17. The van der Waals surface area contributed by atoms with Crippen LogP contribution in [0.2, 0.25) is 0 Å². The number of hydrogen-bond donors (Lipinski definition) is 3. The topological polar surface area (TPSA) is 134 Å². The summed E-state index contributed by atoms with van der Waals surface area (Å²) in [7, 11) is 1.20. The Kier molecular flexibility index (Phi) is 11.1. The van der Waals surface area contributed by atoms with Crippen LogP contribution in [0.25, 0.3) is 0 Å². The number of esters is 1. The normalized spacial score (nSPS) is 12.4. The predicted octanol–water partition coefficient (Wildman–Crippen LogP) is 3.08. The Hall–Kier alpha value is -4.52. The average molecular weight is 552 g/mol. The molecule has 0 saturated heterocycles. The molecule has 10 nitrogen and oxygen atoms in total. The molecule has 0 spiro atoms. The quantitative estimate of drug-likeness (QED) is 0.305. The molecule has 0 aliphatic heterocycles. The number of aromatic hydroxyl groups is 1. The minimum absolute atomic E-state index is 0.0493. The third kappa shape index (κ3) is 9.34. The van der Waals surface area contributed by atoms with Crippen molar-refractivity contribution in [3.63, 3.8) is 0 Å². The van der Waals surface area contributed by atoms with Crippen molar-refractivity contribution < 1.29 is 33.8 Å². The van der Waals surface area contributed by atoms with Crippen LogP contribution in [-0.4, -0.2) is 65.2 Å². The number of phenols is 1. The molecule has 2 aromatic rings. The summed E-state index contributed by atoms with van der Waals surface area (Å²) < 4.78 is 10.0. The summed E-state index contributed by atoms with van der Waals surface area (Å²) in [5.74, 6) is 0.718. The van der Waals surface area contributed by atoms with Crippen molar-refractivity contribution in [3.8, 4) is 18.1 Å². The number of carbonyl (C=O) groups is 4. The fourth-order valence-corrected chi connectivity index (χ4v) is 3.91. The van der Waals surface area contributed by atoms with Crippen molar-refractivity contribution in [1.29, 1.82) is 0 Å². The van der Waals surface area contributed by atoms with Crippen LogP contribution in [0.4, 0.5) is 4.79 Å². The number of phenolic OH excluding ortho intramolecular Hbond substituents is 1. The van der Waals surface area contributed by atoms with Gasteiger partial charge in [0.15, 0.2) is 0 Å². The minimum Gasteiger partial charge on any atom is -0.508 e. The predicted molar refractivity (Wildman–Crippen MR) is 149 cm³/mol. The molecule has 3 amide bonds. The molecule has 2 unspecified atom stereocenters. The molecule has 40 heavy (non-hydrogen) atoms. The number of amides is 3. The largest absolute Gasteiger partial charge is 0.508 e. The molecule has 0 fully saturated rings. The number of benzene rings is 2. The Bertz CT molecular complexity index is 1230. The summed E-state index contributed by atoms with van der Waals surface area (Å²) >= 11 is 0. The molecule has 0 saturated carbocycles. The van der Waals surface area contributed by atoms with Crippen molar-refractivity contribution in [3.05, 3.63) is 65.2 Å². The first-order valence-electron chi connectivity index (χ1n) is 12.8. The van der Waals surface area contributed by atoms with Gasteiger partial charge in [0.1, 0.15) is 30.0 Å². The monoisotopic (exact) mass is 551 g/mol. The summed E-state index contributed by atoms with van der Waals surface area (Å²) in [6.07, 6.45) is 4.73. The molecule has 0 aliphatic rings. The van der Waals surface area contributed by atoms with E-state index >= 15 is 0 Å². The Morgan fingerprint density at radius 1 is 1.02 bits per heavy atom. The van der Waals surface area contributed by atoms with Gasteiger partial charge in [0.25, 0.3) is 0 Å². The molecule has 0 aliphatic carbocycles. The van der Waals surface area contributed by atoms with Gasteiger partial charge in [0.2, 0.25) is 11.8 Å². The zero-order valence-electron chi connectivity index (χ0n) is 23.7. The first kappa shape index (κ1) is 31.7. The number of terminal acetylenes is 1. The van der Waals surface area contributed by atoms with Gasteiger partial charge in [0, 0.05) is 18.0 Å². The third-order valence-electron chi connectivity index (χ3n) is 5.73. The Morgan fingerprint density at radius 2 is 1.62 bits per heavy atom. The number of rotatable bonds is 10. The lowest BCUT2D eigenvalue weighted by Crippen LogP contribution is -2.56. The van der Waals surface area contributed by atoms with Crippen LogP contribution in [0.1, 0.15) is 57.4 Å². The third-order valence-corrected chi connectivity index (χ3v) is 5.73. The van der Waals surface area contributed by atoms with Gasteiger partial charge in [-0.1, -0.05) is 30.2 Å². The molecule has 2 rings (SSSR count). The van der Waals surface area contributed by atoms with Crippen LogP contribution < -0.4 is 10.6 Å². The van der Waals surface area contributed by atoms with E-state index in [1.807, 2.05) is 0 Å². The van der Waals surface area contributed by atoms with Gasteiger partial charge in [-0.15, -0.1) is 6.42 Å². The highest BCUT2D eigenvalue weighted by atomic mass is 16.6. The standard InChI is InChI=1S/C30H37N3O7/c1-8-20-9-13-22(14-10-20)26(27(36)31-18-25(35)39-7)33(19(2)3)28(37)24(32-29(38)40-30(4,5)6)17-21-11-15-23(34)16-12-21/h1,9-16,19,24,26,34H,17-18H2,2-7H3,(H,31,36)(H,32,38). The SMILES string of the molecule is C#Cc1ccc(C(C(=O)NCC(=O)OC)N(C(=O)C(Cc2ccc(O)cc2)NC(=O)OC(C)(C)C)C(C)C)cc1. The number of methoxy groups -OCH3 is 1. The van der Waals surface area contributed by atoms with Gasteiger partial charge < -0.3 is 30.1 Å². The van der Waals surface area contributed by atoms with Crippen LogP contribution in [0.3, 0.4) is 0 Å². The number of nitrogens with zero attached hydrogens (tertiary/aromatic N) is 1. The van der Waals surface area contributed by atoms with Crippen molar-refractivity contribution in [2.24, 2.45) is 0 Å². The van der Waals surface area contributed by atoms with Crippen LogP contribution in [0, 0.1) is 12.3 Å². The maximum absolute atomic E-state index is 14.2. The van der Waals surface area contributed by atoms with Crippen LogP contribution >= 0.6 is 0 Å². The number of hydrogen-bond acceptors (Lipinski definition) is 7. The second-order valence-corrected chi connectivity index (χ2v) is 10.4. The molecule has 10 heteroatoms. The fraction of sp³-hybridized carbons (Fsp3) is 0.400. The summed E-state index contributed by atoms with van der Waals surface area (Å²) in [6, 6.07) is 9.94. The number of carbonyl (C=O) groups excluding carboxylic acids is 4. The highest BCUT2D eigenvalue weighted by Crippen LogP contribution is 2.26. The summed E-state index contributed by atoms with van der Waals surface area (Å²) in [5.41, 5.74) is 0.866. The first-order valence-corrected chi connectivity index (χ1v) is 12.8. The van der Waals surface area contributed by atoms with E-state index in [2.05, 4.69) is 21.3 Å². The lowest BCUT2D eigenvalue weighted by atomic mass is 9.98. The van der Waals surface area contributed by atoms with Gasteiger partial charge in [-0.25, -0.2) is 4.79 Å². The summed E-state index contributed by atoms with van der Waals surface area (Å²) in [5, 5.41) is 14.9.